The van der Waals surface area contributed by atoms with Crippen molar-refractivity contribution in [1.29, 1.82) is 0 Å². The SMILES string of the molecule is C=CCOC12Oc3ccc(Oc4ccc(-c5ccccc5)cc4)cc3C3C(CCCCO)C(CCCCO)C=C(C(=NOC(C)(C)C)CC1N(Cc1ccc4c(c1)OCO4)C(=O)OC)C32. The van der Waals surface area contributed by atoms with Gasteiger partial charge in [0.1, 0.15) is 28.9 Å². The van der Waals surface area contributed by atoms with E-state index in [1.807, 2.05) is 81.4 Å². The number of aliphatic hydroxyl groups is 2. The summed E-state index contributed by atoms with van der Waals surface area (Å²) >= 11 is 0. The molecule has 0 spiro atoms. The van der Waals surface area contributed by atoms with Gasteiger partial charge in [-0.05, 0) is 123 Å². The highest BCUT2D eigenvalue weighted by Crippen LogP contribution is 2.62. The van der Waals surface area contributed by atoms with Crippen LogP contribution in [0.3, 0.4) is 0 Å². The summed E-state index contributed by atoms with van der Waals surface area (Å²) < 4.78 is 38.1. The minimum Gasteiger partial charge on any atom is -0.459 e. The van der Waals surface area contributed by atoms with Crippen molar-refractivity contribution in [3.63, 3.8) is 0 Å². The van der Waals surface area contributed by atoms with E-state index in [0.717, 1.165) is 53.5 Å². The Hall–Kier alpha value is -5.82. The first-order valence-corrected chi connectivity index (χ1v) is 22.9. The van der Waals surface area contributed by atoms with Gasteiger partial charge in [-0.3, -0.25) is 4.90 Å². The average Bonchev–Trinajstić information content (AvgIpc) is 3.79. The molecule has 2 heterocycles. The van der Waals surface area contributed by atoms with Crippen LogP contribution < -0.4 is 18.9 Å². The van der Waals surface area contributed by atoms with Gasteiger partial charge in [-0.15, -0.1) is 6.58 Å². The fraction of sp³-hybridized carbons (Fsp3) is 0.434. The molecule has 0 radical (unpaired) electrons. The molecule has 4 aromatic rings. The topological polar surface area (TPSA) is 138 Å². The van der Waals surface area contributed by atoms with Crippen molar-refractivity contribution in [2.45, 2.75) is 95.6 Å². The molecule has 1 saturated carbocycles. The van der Waals surface area contributed by atoms with Gasteiger partial charge in [0.05, 0.1) is 25.3 Å². The molecule has 2 N–H and O–H groups in total. The van der Waals surface area contributed by atoms with Crippen molar-refractivity contribution in [1.82, 2.24) is 4.90 Å². The summed E-state index contributed by atoms with van der Waals surface area (Å²) in [5.74, 6) is 1.08. The second-order valence-electron chi connectivity index (χ2n) is 18.3. The molecule has 6 unspecified atom stereocenters. The molecule has 4 aliphatic rings. The zero-order chi connectivity index (χ0) is 45.6. The summed E-state index contributed by atoms with van der Waals surface area (Å²) in [4.78, 5) is 22.3. The van der Waals surface area contributed by atoms with Crippen molar-refractivity contribution in [2.75, 3.05) is 33.7 Å². The summed E-state index contributed by atoms with van der Waals surface area (Å²) in [6.07, 6.45) is 8.25. The van der Waals surface area contributed by atoms with Crippen LogP contribution in [0.5, 0.6) is 28.7 Å². The number of oxime groups is 1. The summed E-state index contributed by atoms with van der Waals surface area (Å²) in [6, 6.07) is 29.1. The fourth-order valence-electron chi connectivity index (χ4n) is 10.0. The van der Waals surface area contributed by atoms with Crippen molar-refractivity contribution in [2.24, 2.45) is 22.9 Å². The largest absolute Gasteiger partial charge is 0.459 e. The van der Waals surface area contributed by atoms with Gasteiger partial charge < -0.3 is 43.5 Å². The molecule has 4 aromatic carbocycles. The molecule has 2 aliphatic carbocycles. The second kappa shape index (κ2) is 20.1. The number of fused-ring (bicyclic) bond motifs is 3. The quantitative estimate of drug-likeness (QED) is 0.0564. The average molecular weight is 887 g/mol. The van der Waals surface area contributed by atoms with Gasteiger partial charge in [-0.1, -0.05) is 78.7 Å². The van der Waals surface area contributed by atoms with Crippen LogP contribution in [0.15, 0.2) is 120 Å². The molecule has 2 aliphatic heterocycles. The Bertz CT molecular complexity index is 2340. The number of nitrogens with zero attached hydrogens (tertiary/aromatic N) is 2. The second-order valence-corrected chi connectivity index (χ2v) is 18.3. The van der Waals surface area contributed by atoms with E-state index in [9.17, 15) is 15.0 Å². The van der Waals surface area contributed by atoms with Gasteiger partial charge in [0, 0.05) is 37.7 Å². The predicted octanol–water partition coefficient (Wildman–Crippen LogP) is 10.6. The maximum atomic E-state index is 14.4. The Morgan fingerprint density at radius 2 is 1.58 bits per heavy atom. The van der Waals surface area contributed by atoms with E-state index in [0.29, 0.717) is 47.3 Å². The first kappa shape index (κ1) is 45.7. The van der Waals surface area contributed by atoms with Gasteiger partial charge in [0.15, 0.2) is 11.5 Å². The zero-order valence-corrected chi connectivity index (χ0v) is 37.9. The molecule has 8 rings (SSSR count). The number of hydrogen-bond acceptors (Lipinski definition) is 11. The van der Waals surface area contributed by atoms with Crippen molar-refractivity contribution >= 4 is 11.8 Å². The molecular formula is C53H62N2O10. The van der Waals surface area contributed by atoms with Crippen molar-refractivity contribution in [3.05, 3.63) is 126 Å². The Labute approximate surface area is 382 Å². The van der Waals surface area contributed by atoms with E-state index in [-0.39, 0.29) is 57.3 Å². The van der Waals surface area contributed by atoms with E-state index >= 15 is 0 Å². The van der Waals surface area contributed by atoms with Gasteiger partial charge in [-0.25, -0.2) is 4.79 Å². The number of carbonyl (C=O) groups excluding carboxylic acids is 1. The molecule has 0 bridgehead atoms. The van der Waals surface area contributed by atoms with E-state index in [4.69, 9.17) is 38.4 Å². The third kappa shape index (κ3) is 9.90. The highest BCUT2D eigenvalue weighted by Gasteiger charge is 2.65. The zero-order valence-electron chi connectivity index (χ0n) is 37.9. The van der Waals surface area contributed by atoms with E-state index in [1.165, 1.54) is 7.11 Å². The monoisotopic (exact) mass is 886 g/mol. The van der Waals surface area contributed by atoms with Gasteiger partial charge in [-0.2, -0.15) is 0 Å². The van der Waals surface area contributed by atoms with Crippen LogP contribution in [0.25, 0.3) is 11.1 Å². The molecule has 1 amide bonds. The summed E-state index contributed by atoms with van der Waals surface area (Å²) in [7, 11) is 1.38. The van der Waals surface area contributed by atoms with Crippen LogP contribution >= 0.6 is 0 Å². The van der Waals surface area contributed by atoms with Crippen LogP contribution in [0.2, 0.25) is 0 Å². The molecule has 12 nitrogen and oxygen atoms in total. The number of unbranched alkanes of at least 4 members (excludes halogenated alkanes) is 2. The lowest BCUT2D eigenvalue weighted by Crippen LogP contribution is -2.70. The molecule has 1 fully saturated rings. The summed E-state index contributed by atoms with van der Waals surface area (Å²) in [6.45, 7) is 10.5. The Morgan fingerprint density at radius 1 is 0.877 bits per heavy atom. The number of ether oxygens (including phenoxy) is 6. The molecular weight excluding hydrogens is 825 g/mol. The molecule has 65 heavy (non-hydrogen) atoms. The normalized spacial score (nSPS) is 23.4. The number of carbonyl (C=O) groups is 1. The number of rotatable bonds is 18. The number of aliphatic hydroxyl groups excluding tert-OH is 2. The summed E-state index contributed by atoms with van der Waals surface area (Å²) in [5, 5.41) is 24.9. The van der Waals surface area contributed by atoms with Crippen LogP contribution in [0, 0.1) is 17.8 Å². The highest BCUT2D eigenvalue weighted by molar-refractivity contribution is 6.03. The van der Waals surface area contributed by atoms with Crippen LogP contribution in [0.1, 0.15) is 82.8 Å². The Kier molecular flexibility index (Phi) is 14.2. The third-order valence-electron chi connectivity index (χ3n) is 12.8. The minimum atomic E-state index is -1.47. The maximum Gasteiger partial charge on any atom is 0.410 e. The standard InChI is InChI=1S/C53H62N2O10/c1-6-28-62-53-48(55(51(58)59-5)33-35-18-24-46-47(29-35)61-34-60-46)32-44(54-65-52(2,3)4)42-30-38(16-10-12-26-56)41(17-11-13-27-57)49(50(42)53)43-31-40(23-25-45(43)64-53)63-39-21-19-37(20-22-39)36-14-8-7-9-15-36/h6-9,14-15,18-25,29-31,38,41,48-50,56-57H,1,10-13,16-17,26-28,32-34H2,2-5H3. The van der Waals surface area contributed by atoms with Crippen LogP contribution in [-0.4, -0.2) is 78.1 Å². The van der Waals surface area contributed by atoms with E-state index < -0.39 is 29.4 Å². The number of amides is 1. The predicted molar refractivity (Wildman–Crippen MR) is 248 cm³/mol. The van der Waals surface area contributed by atoms with E-state index in [2.05, 4.69) is 43.0 Å². The molecule has 0 aromatic heterocycles. The number of hydrogen-bond donors (Lipinski definition) is 2. The van der Waals surface area contributed by atoms with Crippen LogP contribution in [-0.2, 0) is 20.9 Å². The molecule has 0 saturated heterocycles. The Balaban J connectivity index is 1.30. The lowest BCUT2D eigenvalue weighted by atomic mass is 9.55. The van der Waals surface area contributed by atoms with Gasteiger partial charge in [0.2, 0.25) is 12.6 Å². The number of methoxy groups -OCH3 is 1. The van der Waals surface area contributed by atoms with Crippen molar-refractivity contribution < 1.29 is 48.3 Å². The minimum absolute atomic E-state index is 0.0349. The van der Waals surface area contributed by atoms with E-state index in [1.54, 1.807) is 11.0 Å². The highest BCUT2D eigenvalue weighted by atomic mass is 16.7. The lowest BCUT2D eigenvalue weighted by molar-refractivity contribution is -0.256. The van der Waals surface area contributed by atoms with Crippen molar-refractivity contribution in [3.8, 4) is 39.9 Å². The molecule has 344 valence electrons. The first-order chi connectivity index (χ1) is 31.5. The first-order valence-electron chi connectivity index (χ1n) is 22.9. The third-order valence-corrected chi connectivity index (χ3v) is 12.8. The van der Waals surface area contributed by atoms with Gasteiger partial charge >= 0.3 is 6.09 Å². The van der Waals surface area contributed by atoms with Crippen LogP contribution in [0.4, 0.5) is 4.79 Å². The lowest BCUT2D eigenvalue weighted by Gasteiger charge is -2.59. The summed E-state index contributed by atoms with van der Waals surface area (Å²) in [5.41, 5.74) is 4.97. The number of allylic oxidation sites excluding steroid dienone is 1. The Morgan fingerprint density at radius 3 is 2.31 bits per heavy atom. The molecule has 12 heteroatoms. The molecule has 6 atom stereocenters. The van der Waals surface area contributed by atoms with Gasteiger partial charge in [0.25, 0.3) is 0 Å². The fourth-order valence-corrected chi connectivity index (χ4v) is 10.0. The smallest absolute Gasteiger partial charge is 0.410 e. The maximum absolute atomic E-state index is 14.4. The number of benzene rings is 4.